The molecule has 0 spiro atoms. The molecule has 1 N–H and O–H groups in total. The van der Waals surface area contributed by atoms with Gasteiger partial charge >= 0.3 is 0 Å². The van der Waals surface area contributed by atoms with Crippen molar-refractivity contribution in [1.82, 2.24) is 10.2 Å². The molecule has 0 aromatic heterocycles. The quantitative estimate of drug-likeness (QED) is 0.815. The highest BCUT2D eigenvalue weighted by Crippen LogP contribution is 2.33. The van der Waals surface area contributed by atoms with Crippen molar-refractivity contribution in [3.05, 3.63) is 35.1 Å². The van der Waals surface area contributed by atoms with Crippen LogP contribution in [0.15, 0.2) is 12.1 Å². The van der Waals surface area contributed by atoms with Crippen LogP contribution in [0, 0.1) is 17.5 Å². The first-order valence-corrected chi connectivity index (χ1v) is 7.64. The number of amides is 1. The summed E-state index contributed by atoms with van der Waals surface area (Å²) in [5.74, 6) is -4.09. The Morgan fingerprint density at radius 1 is 1.35 bits per heavy atom. The molecule has 0 aliphatic carbocycles. The normalized spacial score (nSPS) is 21.6. The number of benzene rings is 1. The van der Waals surface area contributed by atoms with Gasteiger partial charge in [-0.1, -0.05) is 6.92 Å². The van der Waals surface area contributed by atoms with Gasteiger partial charge in [-0.25, -0.2) is 13.2 Å². The summed E-state index contributed by atoms with van der Waals surface area (Å²) in [5, 5.41) is 2.88. The van der Waals surface area contributed by atoms with E-state index in [1.165, 1.54) is 7.11 Å². The number of likely N-dealkylation sites (N-methyl/N-ethyl adjacent to an activating group) is 1. The maximum atomic E-state index is 13.5. The minimum Gasteiger partial charge on any atom is -0.384 e. The second-order valence-electron chi connectivity index (χ2n) is 5.58. The van der Waals surface area contributed by atoms with E-state index < -0.39 is 17.5 Å². The highest BCUT2D eigenvalue weighted by molar-refractivity contribution is 5.76. The molecular weight excluding hydrogens is 309 g/mol. The molecule has 128 valence electrons. The number of rotatable bonds is 6. The molecule has 0 radical (unpaired) electrons. The van der Waals surface area contributed by atoms with E-state index in [0.29, 0.717) is 31.7 Å². The second-order valence-corrected chi connectivity index (χ2v) is 5.58. The smallest absolute Gasteiger partial charge is 0.222 e. The van der Waals surface area contributed by atoms with Crippen molar-refractivity contribution in [1.29, 1.82) is 0 Å². The lowest BCUT2D eigenvalue weighted by molar-refractivity contribution is -0.122. The van der Waals surface area contributed by atoms with Gasteiger partial charge in [0.1, 0.15) is 0 Å². The molecule has 1 amide bonds. The van der Waals surface area contributed by atoms with Gasteiger partial charge < -0.3 is 10.1 Å². The number of nitrogens with zero attached hydrogens (tertiary/aromatic N) is 1. The lowest BCUT2D eigenvalue weighted by Crippen LogP contribution is -2.40. The van der Waals surface area contributed by atoms with Gasteiger partial charge in [-0.3, -0.25) is 9.69 Å². The van der Waals surface area contributed by atoms with Crippen molar-refractivity contribution in [2.45, 2.75) is 31.8 Å². The molecule has 1 fully saturated rings. The van der Waals surface area contributed by atoms with Crippen LogP contribution in [0.25, 0.3) is 0 Å². The first-order valence-electron chi connectivity index (χ1n) is 7.64. The zero-order chi connectivity index (χ0) is 17.0. The number of carbonyl (C=O) groups excluding carboxylic acids is 1. The van der Waals surface area contributed by atoms with E-state index in [-0.39, 0.29) is 24.4 Å². The van der Waals surface area contributed by atoms with Crippen LogP contribution in [0.5, 0.6) is 0 Å². The molecular formula is C16H21F3N2O2. The van der Waals surface area contributed by atoms with E-state index >= 15 is 0 Å². The molecule has 23 heavy (non-hydrogen) atoms. The van der Waals surface area contributed by atoms with E-state index in [2.05, 4.69) is 5.32 Å². The van der Waals surface area contributed by atoms with E-state index in [0.717, 1.165) is 12.1 Å². The molecule has 1 heterocycles. The summed E-state index contributed by atoms with van der Waals surface area (Å²) in [4.78, 5) is 13.9. The van der Waals surface area contributed by atoms with Gasteiger partial charge in [-0.05, 0) is 30.7 Å². The zero-order valence-corrected chi connectivity index (χ0v) is 13.2. The summed E-state index contributed by atoms with van der Waals surface area (Å²) in [6, 6.07) is 1.36. The zero-order valence-electron chi connectivity index (χ0n) is 13.2. The number of methoxy groups -OCH3 is 1. The SMILES string of the molecule is CCN1CC[C@@H](NC(=O)CCOC)[C@H]1c1cc(F)c(F)c(F)c1. The van der Waals surface area contributed by atoms with Crippen LogP contribution in [0.1, 0.15) is 31.4 Å². The fraction of sp³-hybridized carbons (Fsp3) is 0.562. The predicted octanol–water partition coefficient (Wildman–Crippen LogP) is 2.39. The Kier molecular flexibility index (Phi) is 6.01. The summed E-state index contributed by atoms with van der Waals surface area (Å²) in [6.07, 6.45) is 0.885. The minimum absolute atomic E-state index is 0.178. The summed E-state index contributed by atoms with van der Waals surface area (Å²) in [5.41, 5.74) is 0.331. The fourth-order valence-electron chi connectivity index (χ4n) is 3.02. The van der Waals surface area contributed by atoms with Crippen molar-refractivity contribution >= 4 is 5.91 Å². The highest BCUT2D eigenvalue weighted by Gasteiger charge is 2.36. The highest BCUT2D eigenvalue weighted by atomic mass is 19.2. The topological polar surface area (TPSA) is 41.6 Å². The summed E-state index contributed by atoms with van der Waals surface area (Å²) < 4.78 is 45.1. The monoisotopic (exact) mass is 330 g/mol. The van der Waals surface area contributed by atoms with Crippen LogP contribution in [-0.4, -0.2) is 43.7 Å². The second kappa shape index (κ2) is 7.79. The van der Waals surface area contributed by atoms with Crippen LogP contribution in [0.2, 0.25) is 0 Å². The maximum absolute atomic E-state index is 13.5. The number of halogens is 3. The van der Waals surface area contributed by atoms with Crippen LogP contribution in [0.4, 0.5) is 13.2 Å². The number of likely N-dealkylation sites (tertiary alicyclic amines) is 1. The van der Waals surface area contributed by atoms with Crippen LogP contribution in [-0.2, 0) is 9.53 Å². The van der Waals surface area contributed by atoms with Crippen molar-refractivity contribution in [2.24, 2.45) is 0 Å². The first-order chi connectivity index (χ1) is 11.0. The van der Waals surface area contributed by atoms with Gasteiger partial charge in [-0.15, -0.1) is 0 Å². The van der Waals surface area contributed by atoms with Crippen LogP contribution < -0.4 is 5.32 Å². The molecule has 1 aromatic rings. The molecule has 4 nitrogen and oxygen atoms in total. The Hall–Kier alpha value is -1.60. The van der Waals surface area contributed by atoms with Crippen molar-refractivity contribution < 1.29 is 22.7 Å². The van der Waals surface area contributed by atoms with Gasteiger partial charge in [0, 0.05) is 26.1 Å². The molecule has 1 saturated heterocycles. The largest absolute Gasteiger partial charge is 0.384 e. The lowest BCUT2D eigenvalue weighted by atomic mass is 9.99. The number of ether oxygens (including phenoxy) is 1. The van der Waals surface area contributed by atoms with Crippen molar-refractivity contribution in [2.75, 3.05) is 26.8 Å². The Morgan fingerprint density at radius 2 is 2.00 bits per heavy atom. The molecule has 0 bridgehead atoms. The Bertz CT molecular complexity index is 545. The average Bonchev–Trinajstić information content (AvgIpc) is 2.92. The molecule has 2 atom stereocenters. The van der Waals surface area contributed by atoms with E-state index in [4.69, 9.17) is 4.74 Å². The van der Waals surface area contributed by atoms with Crippen LogP contribution >= 0.6 is 0 Å². The van der Waals surface area contributed by atoms with Gasteiger partial charge in [0.25, 0.3) is 0 Å². The van der Waals surface area contributed by atoms with Crippen LogP contribution in [0.3, 0.4) is 0 Å². The fourth-order valence-corrected chi connectivity index (χ4v) is 3.02. The molecule has 7 heteroatoms. The van der Waals surface area contributed by atoms with E-state index in [1.54, 1.807) is 0 Å². The van der Waals surface area contributed by atoms with Gasteiger partial charge in [0.05, 0.1) is 12.6 Å². The number of hydrogen-bond donors (Lipinski definition) is 1. The summed E-state index contributed by atoms with van der Waals surface area (Å²) in [6.45, 7) is 3.59. The minimum atomic E-state index is -1.48. The number of nitrogens with one attached hydrogen (secondary N) is 1. The number of carbonyl (C=O) groups is 1. The standard InChI is InChI=1S/C16H21F3N2O2/c1-3-21-6-4-13(20-14(22)5-7-23-2)16(21)10-8-11(17)15(19)12(18)9-10/h8-9,13,16H,3-7H2,1-2H3,(H,20,22)/t13-,16-/m1/s1. The third kappa shape index (κ3) is 4.03. The Labute approximate surface area is 133 Å². The summed E-state index contributed by atoms with van der Waals surface area (Å²) in [7, 11) is 1.51. The van der Waals surface area contributed by atoms with Gasteiger partial charge in [0.2, 0.25) is 5.91 Å². The first kappa shape index (κ1) is 17.7. The third-order valence-electron chi connectivity index (χ3n) is 4.14. The van der Waals surface area contributed by atoms with Crippen molar-refractivity contribution in [3.63, 3.8) is 0 Å². The third-order valence-corrected chi connectivity index (χ3v) is 4.14. The predicted molar refractivity (Wildman–Crippen MR) is 79.3 cm³/mol. The van der Waals surface area contributed by atoms with E-state index in [1.807, 2.05) is 11.8 Å². The lowest BCUT2D eigenvalue weighted by Gasteiger charge is -2.28. The number of hydrogen-bond acceptors (Lipinski definition) is 3. The van der Waals surface area contributed by atoms with Gasteiger partial charge in [0.15, 0.2) is 17.5 Å². The average molecular weight is 330 g/mol. The summed E-state index contributed by atoms with van der Waals surface area (Å²) >= 11 is 0. The Balaban J connectivity index is 2.22. The Morgan fingerprint density at radius 3 is 2.57 bits per heavy atom. The molecule has 1 aliphatic rings. The van der Waals surface area contributed by atoms with E-state index in [9.17, 15) is 18.0 Å². The molecule has 2 rings (SSSR count). The maximum Gasteiger partial charge on any atom is 0.222 e. The molecule has 1 aliphatic heterocycles. The van der Waals surface area contributed by atoms with Crippen molar-refractivity contribution in [3.8, 4) is 0 Å². The van der Waals surface area contributed by atoms with Gasteiger partial charge in [-0.2, -0.15) is 0 Å². The molecule has 0 unspecified atom stereocenters. The molecule has 1 aromatic carbocycles. The molecule has 0 saturated carbocycles.